The lowest BCUT2D eigenvalue weighted by molar-refractivity contribution is 0.0656. The second-order valence-electron chi connectivity index (χ2n) is 6.54. The lowest BCUT2D eigenvalue weighted by Crippen LogP contribution is -2.41. The van der Waals surface area contributed by atoms with E-state index < -0.39 is 0 Å². The summed E-state index contributed by atoms with van der Waals surface area (Å²) >= 11 is 0. The first-order chi connectivity index (χ1) is 12.3. The van der Waals surface area contributed by atoms with Crippen molar-refractivity contribution in [2.75, 3.05) is 6.54 Å². The summed E-state index contributed by atoms with van der Waals surface area (Å²) in [5.74, 6) is 0.609. The Morgan fingerprint density at radius 3 is 3.00 bits per heavy atom. The minimum absolute atomic E-state index is 0.123. The summed E-state index contributed by atoms with van der Waals surface area (Å²) in [6, 6.07) is 3.58. The monoisotopic (exact) mass is 335 g/mol. The summed E-state index contributed by atoms with van der Waals surface area (Å²) in [5, 5.41) is 0. The first-order valence-electron chi connectivity index (χ1n) is 8.49. The van der Waals surface area contributed by atoms with E-state index in [1.54, 1.807) is 18.7 Å². The third-order valence-corrected chi connectivity index (χ3v) is 4.94. The van der Waals surface area contributed by atoms with Crippen LogP contribution < -0.4 is 0 Å². The number of carbonyl (C=O) groups excluding carboxylic acids is 1. The average molecular weight is 335 g/mol. The number of aromatic amines is 1. The van der Waals surface area contributed by atoms with Crippen molar-refractivity contribution >= 4 is 5.91 Å². The highest BCUT2D eigenvalue weighted by Crippen LogP contribution is 2.42. The van der Waals surface area contributed by atoms with Crippen molar-refractivity contribution < 1.29 is 9.21 Å². The maximum absolute atomic E-state index is 13.3. The normalized spacial score (nSPS) is 19.7. The van der Waals surface area contributed by atoms with Crippen LogP contribution in [0.3, 0.4) is 0 Å². The van der Waals surface area contributed by atoms with Crippen LogP contribution in [0, 0.1) is 0 Å². The number of H-pyrrole nitrogens is 1. The largest absolute Gasteiger partial charge is 0.438 e. The summed E-state index contributed by atoms with van der Waals surface area (Å²) in [5.41, 5.74) is 3.68. The Hall–Kier alpha value is -2.96. The number of carbonyl (C=O) groups is 1. The molecule has 4 heterocycles. The molecular weight excluding hydrogens is 318 g/mol. The van der Waals surface area contributed by atoms with Crippen LogP contribution in [-0.4, -0.2) is 37.3 Å². The molecule has 1 fully saturated rings. The molecule has 25 heavy (non-hydrogen) atoms. The van der Waals surface area contributed by atoms with Crippen molar-refractivity contribution in [2.24, 2.45) is 0 Å². The van der Waals surface area contributed by atoms with Crippen LogP contribution in [0.5, 0.6) is 0 Å². The molecular formula is C18H17N5O2. The molecule has 3 aromatic rings. The van der Waals surface area contributed by atoms with E-state index >= 15 is 0 Å². The molecule has 1 unspecified atom stereocenters. The Labute approximate surface area is 144 Å². The zero-order valence-electron chi connectivity index (χ0n) is 13.6. The maximum Gasteiger partial charge on any atom is 0.292 e. The van der Waals surface area contributed by atoms with Gasteiger partial charge in [0, 0.05) is 37.0 Å². The van der Waals surface area contributed by atoms with E-state index in [1.807, 2.05) is 17.0 Å². The fraction of sp³-hybridized carbons (Fsp3) is 0.333. The summed E-state index contributed by atoms with van der Waals surface area (Å²) in [6.45, 7) is 0.596. The SMILES string of the molecule is O=C(c1ocnc1C1CC1)N1CCc2[nH]cnc2C1c1cccnc1. The number of hydrogen-bond acceptors (Lipinski definition) is 5. The minimum atomic E-state index is -0.270. The van der Waals surface area contributed by atoms with Crippen LogP contribution in [0.1, 0.15) is 58.0 Å². The van der Waals surface area contributed by atoms with E-state index in [2.05, 4.69) is 19.9 Å². The van der Waals surface area contributed by atoms with E-state index in [0.717, 1.165) is 41.9 Å². The number of aromatic nitrogens is 4. The van der Waals surface area contributed by atoms with E-state index in [-0.39, 0.29) is 11.9 Å². The van der Waals surface area contributed by atoms with Crippen LogP contribution in [-0.2, 0) is 6.42 Å². The fourth-order valence-corrected chi connectivity index (χ4v) is 3.56. The minimum Gasteiger partial charge on any atom is -0.438 e. The molecule has 5 rings (SSSR count). The summed E-state index contributed by atoms with van der Waals surface area (Å²) in [6.07, 6.45) is 9.47. The molecule has 0 aromatic carbocycles. The first kappa shape index (κ1) is 14.4. The third kappa shape index (κ3) is 2.34. The number of nitrogens with one attached hydrogen (secondary N) is 1. The Bertz CT molecular complexity index is 912. The van der Waals surface area contributed by atoms with Crippen LogP contribution in [0.25, 0.3) is 0 Å². The molecule has 0 spiro atoms. The van der Waals surface area contributed by atoms with Crippen LogP contribution in [0.2, 0.25) is 0 Å². The fourth-order valence-electron chi connectivity index (χ4n) is 3.56. The van der Waals surface area contributed by atoms with Gasteiger partial charge in [-0.15, -0.1) is 0 Å². The highest BCUT2D eigenvalue weighted by molar-refractivity contribution is 5.93. The van der Waals surface area contributed by atoms with Gasteiger partial charge in [-0.1, -0.05) is 6.07 Å². The number of fused-ring (bicyclic) bond motifs is 1. The number of pyridine rings is 1. The molecule has 1 N–H and O–H groups in total. The number of oxazole rings is 1. The zero-order chi connectivity index (χ0) is 16.8. The molecule has 126 valence electrons. The summed E-state index contributed by atoms with van der Waals surface area (Å²) in [4.78, 5) is 31.2. The molecule has 2 aliphatic rings. The van der Waals surface area contributed by atoms with Gasteiger partial charge in [0.25, 0.3) is 5.91 Å². The predicted molar refractivity (Wildman–Crippen MR) is 87.9 cm³/mol. The number of rotatable bonds is 3. The van der Waals surface area contributed by atoms with Crippen molar-refractivity contribution in [2.45, 2.75) is 31.2 Å². The smallest absolute Gasteiger partial charge is 0.292 e. The lowest BCUT2D eigenvalue weighted by Gasteiger charge is -2.34. The van der Waals surface area contributed by atoms with Gasteiger partial charge in [-0.2, -0.15) is 0 Å². The Morgan fingerprint density at radius 2 is 2.20 bits per heavy atom. The van der Waals surface area contributed by atoms with Gasteiger partial charge in [0.1, 0.15) is 6.04 Å². The molecule has 1 saturated carbocycles. The second-order valence-corrected chi connectivity index (χ2v) is 6.54. The number of hydrogen-bond donors (Lipinski definition) is 1. The van der Waals surface area contributed by atoms with Gasteiger partial charge >= 0.3 is 0 Å². The summed E-state index contributed by atoms with van der Waals surface area (Å²) in [7, 11) is 0. The lowest BCUT2D eigenvalue weighted by atomic mass is 9.96. The molecule has 0 bridgehead atoms. The first-order valence-corrected chi connectivity index (χ1v) is 8.49. The quantitative estimate of drug-likeness (QED) is 0.794. The van der Waals surface area contributed by atoms with Crippen molar-refractivity contribution in [3.05, 3.63) is 65.7 Å². The molecule has 7 heteroatoms. The Kier molecular flexibility index (Phi) is 3.19. The van der Waals surface area contributed by atoms with Crippen LogP contribution in [0.4, 0.5) is 0 Å². The molecule has 1 aliphatic heterocycles. The zero-order valence-corrected chi connectivity index (χ0v) is 13.6. The van der Waals surface area contributed by atoms with E-state index in [4.69, 9.17) is 4.42 Å². The molecule has 1 aliphatic carbocycles. The second kappa shape index (κ2) is 5.54. The van der Waals surface area contributed by atoms with E-state index in [1.165, 1.54) is 6.39 Å². The van der Waals surface area contributed by atoms with Crippen LogP contribution in [0.15, 0.2) is 41.7 Å². The van der Waals surface area contributed by atoms with E-state index in [9.17, 15) is 4.79 Å². The number of amides is 1. The molecule has 7 nitrogen and oxygen atoms in total. The van der Waals surface area contributed by atoms with Gasteiger partial charge in [-0.3, -0.25) is 9.78 Å². The third-order valence-electron chi connectivity index (χ3n) is 4.94. The number of nitrogens with zero attached hydrogens (tertiary/aromatic N) is 4. The summed E-state index contributed by atoms with van der Waals surface area (Å²) < 4.78 is 5.49. The molecule has 3 aromatic heterocycles. The maximum atomic E-state index is 13.3. The highest BCUT2D eigenvalue weighted by atomic mass is 16.3. The van der Waals surface area contributed by atoms with Crippen molar-refractivity contribution in [3.8, 4) is 0 Å². The Balaban J connectivity index is 1.57. The van der Waals surface area contributed by atoms with Crippen molar-refractivity contribution in [3.63, 3.8) is 0 Å². The van der Waals surface area contributed by atoms with Crippen LogP contribution >= 0.6 is 0 Å². The van der Waals surface area contributed by atoms with Gasteiger partial charge in [-0.25, -0.2) is 9.97 Å². The van der Waals surface area contributed by atoms with Gasteiger partial charge in [0.15, 0.2) is 6.39 Å². The molecule has 1 atom stereocenters. The Morgan fingerprint density at radius 1 is 1.28 bits per heavy atom. The van der Waals surface area contributed by atoms with Crippen molar-refractivity contribution in [1.29, 1.82) is 0 Å². The average Bonchev–Trinajstić information content (AvgIpc) is 3.19. The van der Waals surface area contributed by atoms with E-state index in [0.29, 0.717) is 18.2 Å². The molecule has 1 amide bonds. The van der Waals surface area contributed by atoms with Crippen molar-refractivity contribution in [1.82, 2.24) is 24.8 Å². The van der Waals surface area contributed by atoms with Gasteiger partial charge in [0.2, 0.25) is 5.76 Å². The van der Waals surface area contributed by atoms with Gasteiger partial charge < -0.3 is 14.3 Å². The van der Waals surface area contributed by atoms with Gasteiger partial charge in [-0.05, 0) is 24.5 Å². The number of imidazole rings is 1. The van der Waals surface area contributed by atoms with Gasteiger partial charge in [0.05, 0.1) is 17.7 Å². The standard InChI is InChI=1S/C18H17N5O2/c24-18(17-14(11-3-4-11)22-10-25-17)23-7-5-13-15(21-9-20-13)16(23)12-2-1-6-19-8-12/h1-2,6,8-11,16H,3-5,7H2,(H,20,21). The molecule has 0 radical (unpaired) electrons. The molecule has 0 saturated heterocycles. The topological polar surface area (TPSA) is 87.9 Å². The predicted octanol–water partition coefficient (Wildman–Crippen LogP) is 2.46. The highest BCUT2D eigenvalue weighted by Gasteiger charge is 2.39.